The van der Waals surface area contributed by atoms with Gasteiger partial charge in [0.25, 0.3) is 5.91 Å². The highest BCUT2D eigenvalue weighted by molar-refractivity contribution is 7.99. The summed E-state index contributed by atoms with van der Waals surface area (Å²) in [5, 5.41) is 12.0. The zero-order chi connectivity index (χ0) is 20.5. The van der Waals surface area contributed by atoms with Crippen LogP contribution in [0.3, 0.4) is 0 Å². The van der Waals surface area contributed by atoms with E-state index in [-0.39, 0.29) is 11.7 Å². The molecule has 150 valence electrons. The molecule has 0 unspecified atom stereocenters. The number of amides is 2. The van der Waals surface area contributed by atoms with Gasteiger partial charge in [0.15, 0.2) is 5.82 Å². The van der Waals surface area contributed by atoms with Gasteiger partial charge in [-0.1, -0.05) is 41.6 Å². The highest BCUT2D eigenvalue weighted by atomic mass is 32.2. The number of nitrogens with two attached hydrogens (primary N) is 2. The van der Waals surface area contributed by atoms with Crippen LogP contribution in [0.4, 0.5) is 5.00 Å². The lowest BCUT2D eigenvalue weighted by atomic mass is 10.1. The number of hydrogen-bond donors (Lipinski definition) is 3. The maximum atomic E-state index is 12.4. The number of thiophene rings is 1. The Labute approximate surface area is 175 Å². The molecule has 0 saturated carbocycles. The summed E-state index contributed by atoms with van der Waals surface area (Å²) < 4.78 is 1.37. The molecule has 5 N–H and O–H groups in total. The van der Waals surface area contributed by atoms with Crippen LogP contribution >= 0.6 is 23.1 Å². The number of aromatic nitrogens is 3. The molecule has 0 saturated heterocycles. The van der Waals surface area contributed by atoms with E-state index in [0.717, 1.165) is 40.8 Å². The van der Waals surface area contributed by atoms with Crippen LogP contribution in [0, 0.1) is 6.92 Å². The number of nitrogens with one attached hydrogen (secondary N) is 1. The van der Waals surface area contributed by atoms with Gasteiger partial charge in [0.1, 0.15) is 5.00 Å². The smallest absolute Gasteiger partial charge is 0.251 e. The molecule has 8 nitrogen and oxygen atoms in total. The molecule has 1 aliphatic rings. The van der Waals surface area contributed by atoms with Crippen LogP contribution in [0.2, 0.25) is 0 Å². The molecular weight excluding hydrogens is 408 g/mol. The quantitative estimate of drug-likeness (QED) is 0.408. The number of carbonyl (C=O) groups excluding carboxylic acids is 2. The van der Waals surface area contributed by atoms with Gasteiger partial charge in [0.2, 0.25) is 11.1 Å². The Kier molecular flexibility index (Phi) is 5.29. The zero-order valence-electron chi connectivity index (χ0n) is 15.8. The van der Waals surface area contributed by atoms with Crippen LogP contribution in [0.5, 0.6) is 0 Å². The predicted molar refractivity (Wildman–Crippen MR) is 115 cm³/mol. The van der Waals surface area contributed by atoms with Crippen molar-refractivity contribution in [3.63, 3.8) is 0 Å². The standard InChI is InChI=1S/C19H20N6O2S2/c1-10-5-7-11(8-6-10)17-23-24-19(25(17)21)28-9-14(26)22-18-15(16(20)27)12-3-2-4-13(12)29-18/h5-8H,2-4,9,21H2,1H3,(H2,20,27)(H,22,26). The second-order valence-electron chi connectivity index (χ2n) is 6.80. The first-order valence-electron chi connectivity index (χ1n) is 9.08. The lowest BCUT2D eigenvalue weighted by Crippen LogP contribution is -2.19. The minimum atomic E-state index is -0.503. The Hall–Kier alpha value is -2.85. The van der Waals surface area contributed by atoms with E-state index in [0.29, 0.717) is 21.5 Å². The van der Waals surface area contributed by atoms with Crippen LogP contribution in [0.25, 0.3) is 11.4 Å². The molecule has 0 aliphatic heterocycles. The molecule has 2 aromatic heterocycles. The monoisotopic (exact) mass is 428 g/mol. The number of nitrogen functional groups attached to an aromatic ring is 1. The fourth-order valence-corrected chi connectivity index (χ4v) is 5.29. The molecule has 2 amide bonds. The van der Waals surface area contributed by atoms with Gasteiger partial charge in [-0.2, -0.15) is 0 Å². The summed E-state index contributed by atoms with van der Waals surface area (Å²) in [6.45, 7) is 2.00. The third-order valence-corrected chi connectivity index (χ3v) is 6.88. The van der Waals surface area contributed by atoms with E-state index in [9.17, 15) is 9.59 Å². The van der Waals surface area contributed by atoms with Gasteiger partial charge in [0, 0.05) is 10.4 Å². The van der Waals surface area contributed by atoms with Gasteiger partial charge < -0.3 is 16.9 Å². The van der Waals surface area contributed by atoms with Crippen molar-refractivity contribution < 1.29 is 9.59 Å². The number of fused-ring (bicyclic) bond motifs is 1. The molecule has 0 fully saturated rings. The maximum absolute atomic E-state index is 12.4. The van der Waals surface area contributed by atoms with Crippen molar-refractivity contribution in [3.8, 4) is 11.4 Å². The normalized spacial score (nSPS) is 12.7. The van der Waals surface area contributed by atoms with Crippen molar-refractivity contribution in [2.24, 2.45) is 5.73 Å². The number of hydrogen-bond acceptors (Lipinski definition) is 7. The second-order valence-corrected chi connectivity index (χ2v) is 8.85. The summed E-state index contributed by atoms with van der Waals surface area (Å²) in [6.07, 6.45) is 2.76. The first-order valence-corrected chi connectivity index (χ1v) is 10.9. The van der Waals surface area contributed by atoms with E-state index in [2.05, 4.69) is 15.5 Å². The molecule has 2 heterocycles. The Morgan fingerprint density at radius 2 is 2.00 bits per heavy atom. The summed E-state index contributed by atoms with van der Waals surface area (Å²) >= 11 is 2.61. The van der Waals surface area contributed by atoms with E-state index in [4.69, 9.17) is 11.6 Å². The molecule has 1 aliphatic carbocycles. The van der Waals surface area contributed by atoms with Gasteiger partial charge in [-0.05, 0) is 31.7 Å². The van der Waals surface area contributed by atoms with E-state index in [1.54, 1.807) is 0 Å². The van der Waals surface area contributed by atoms with Crippen molar-refractivity contribution in [2.75, 3.05) is 16.9 Å². The van der Waals surface area contributed by atoms with Crippen molar-refractivity contribution >= 4 is 39.9 Å². The number of primary amides is 1. The van der Waals surface area contributed by atoms with Gasteiger partial charge in [-0.15, -0.1) is 21.5 Å². The number of nitrogens with zero attached hydrogens (tertiary/aromatic N) is 3. The van der Waals surface area contributed by atoms with Gasteiger partial charge in [-0.25, -0.2) is 4.68 Å². The van der Waals surface area contributed by atoms with Gasteiger partial charge >= 0.3 is 0 Å². The largest absolute Gasteiger partial charge is 0.365 e. The highest BCUT2D eigenvalue weighted by Crippen LogP contribution is 2.38. The number of aryl methyl sites for hydroxylation is 2. The number of carbonyl (C=O) groups is 2. The molecule has 10 heteroatoms. The molecule has 0 atom stereocenters. The summed E-state index contributed by atoms with van der Waals surface area (Å²) in [5.74, 6) is 5.96. The number of anilines is 1. The summed E-state index contributed by atoms with van der Waals surface area (Å²) in [7, 11) is 0. The predicted octanol–water partition coefficient (Wildman–Crippen LogP) is 2.35. The second kappa shape index (κ2) is 7.88. The van der Waals surface area contributed by atoms with Crippen LogP contribution < -0.4 is 16.9 Å². The van der Waals surface area contributed by atoms with E-state index >= 15 is 0 Å². The average Bonchev–Trinajstić information content (AvgIpc) is 3.35. The maximum Gasteiger partial charge on any atom is 0.251 e. The SMILES string of the molecule is Cc1ccc(-c2nnc(SCC(=O)Nc3sc4c(c3C(N)=O)CCC4)n2N)cc1. The first-order chi connectivity index (χ1) is 13.9. The van der Waals surface area contributed by atoms with E-state index in [1.807, 2.05) is 31.2 Å². The number of rotatable bonds is 6. The Bertz CT molecular complexity index is 1090. The highest BCUT2D eigenvalue weighted by Gasteiger charge is 2.26. The molecule has 0 bridgehead atoms. The van der Waals surface area contributed by atoms with Crippen molar-refractivity contribution in [1.29, 1.82) is 0 Å². The average molecular weight is 429 g/mol. The van der Waals surface area contributed by atoms with Crippen LogP contribution in [-0.2, 0) is 17.6 Å². The van der Waals surface area contributed by atoms with E-state index in [1.165, 1.54) is 27.8 Å². The van der Waals surface area contributed by atoms with Crippen molar-refractivity contribution in [3.05, 3.63) is 45.8 Å². The minimum Gasteiger partial charge on any atom is -0.365 e. The molecule has 3 aromatic rings. The first kappa shape index (κ1) is 19.5. The molecular formula is C19H20N6O2S2. The minimum absolute atomic E-state index is 0.0873. The molecule has 29 heavy (non-hydrogen) atoms. The van der Waals surface area contributed by atoms with Gasteiger partial charge in [-0.3, -0.25) is 9.59 Å². The lowest BCUT2D eigenvalue weighted by Gasteiger charge is -2.06. The summed E-state index contributed by atoms with van der Waals surface area (Å²) in [5.41, 5.74) is 8.95. The Morgan fingerprint density at radius 1 is 1.24 bits per heavy atom. The molecule has 0 radical (unpaired) electrons. The Balaban J connectivity index is 1.43. The fraction of sp³-hybridized carbons (Fsp3) is 0.263. The van der Waals surface area contributed by atoms with Gasteiger partial charge in [0.05, 0.1) is 11.3 Å². The van der Waals surface area contributed by atoms with Crippen LogP contribution in [0.1, 0.15) is 32.8 Å². The number of benzene rings is 1. The zero-order valence-corrected chi connectivity index (χ0v) is 17.4. The third-order valence-electron chi connectivity index (χ3n) is 4.73. The fourth-order valence-electron chi connectivity index (χ4n) is 3.32. The lowest BCUT2D eigenvalue weighted by molar-refractivity contribution is -0.113. The third kappa shape index (κ3) is 3.85. The Morgan fingerprint density at radius 3 is 2.72 bits per heavy atom. The van der Waals surface area contributed by atoms with Crippen LogP contribution in [-0.4, -0.2) is 32.4 Å². The molecule has 0 spiro atoms. The van der Waals surface area contributed by atoms with E-state index < -0.39 is 5.91 Å². The topological polar surface area (TPSA) is 129 Å². The van der Waals surface area contributed by atoms with Crippen LogP contribution in [0.15, 0.2) is 29.4 Å². The van der Waals surface area contributed by atoms with Crippen molar-refractivity contribution in [1.82, 2.24) is 14.9 Å². The number of thioether (sulfide) groups is 1. The molecule has 4 rings (SSSR count). The summed E-state index contributed by atoms with van der Waals surface area (Å²) in [4.78, 5) is 25.4. The van der Waals surface area contributed by atoms with Crippen molar-refractivity contribution in [2.45, 2.75) is 31.3 Å². The summed E-state index contributed by atoms with van der Waals surface area (Å²) in [6, 6.07) is 7.79. The molecule has 1 aromatic carbocycles.